The molecule has 70 heavy (non-hydrogen) atoms. The van der Waals surface area contributed by atoms with Gasteiger partial charge in [0.1, 0.15) is 6.10 Å². The first-order valence-electron chi connectivity index (χ1n) is 18.7. The summed E-state index contributed by atoms with van der Waals surface area (Å²) in [6, 6.07) is 2.33. The molecule has 0 amide bonds. The number of aliphatic hydroxyl groups excluding tert-OH is 1. The van der Waals surface area contributed by atoms with Crippen LogP contribution in [0.3, 0.4) is 0 Å². The molecule has 4 aromatic carbocycles. The molecule has 0 fully saturated rings. The molecule has 2 atom stereocenters. The predicted octanol–water partition coefficient (Wildman–Crippen LogP) is 12.2. The second-order valence-electron chi connectivity index (χ2n) is 14.8. The van der Waals surface area contributed by atoms with Gasteiger partial charge in [-0.15, -0.1) is 22.1 Å². The van der Waals surface area contributed by atoms with Crippen LogP contribution in [-0.4, -0.2) is 15.1 Å². The standard InChI is InChI=1S/C44H9F19N4O2.Ni/c45-21-17(22(46)29(53)35(59)28(21)52)13-7-1-2-8(64-7)14(18-23(47)30(54)36(60)31(55)24(18)48)10-4-6-12(66-10)16-20-27(51)34(58)38(62)39(63)43(20)69-44-41(16)67-40(42(44)68)15(11-5-3-9(13)65-11)19-25(49)32(56)37(61)33(57)26(19)50;/h1-6,42,44,68H;/q-2;+2/t42-,44+;/m0./s1. The van der Waals surface area contributed by atoms with E-state index < -0.39 is 218 Å². The van der Waals surface area contributed by atoms with Gasteiger partial charge in [-0.05, 0) is 34.4 Å². The molecule has 1 N–H and O–H groups in total. The molecule has 0 unspecified atom stereocenters. The van der Waals surface area contributed by atoms with E-state index >= 15 is 48.3 Å². The molecule has 6 heterocycles. The molecule has 8 bridgehead atoms. The number of aromatic nitrogens is 4. The van der Waals surface area contributed by atoms with Crippen LogP contribution in [0.1, 0.15) is 35.0 Å². The Morgan fingerprint density at radius 3 is 1.00 bits per heavy atom. The van der Waals surface area contributed by atoms with E-state index in [0.717, 1.165) is 0 Å². The molecule has 0 saturated heterocycles. The number of hydrogen-bond donors (Lipinski definition) is 1. The monoisotopic (exact) mass is 1040 g/mol. The quantitative estimate of drug-likeness (QED) is 0.0822. The maximum atomic E-state index is 16.0. The summed E-state index contributed by atoms with van der Waals surface area (Å²) in [6.07, 6.45) is -4.05. The molecule has 10 rings (SSSR count). The molecule has 0 saturated carbocycles. The minimum absolute atomic E-state index is 0. The molecule has 360 valence electrons. The fourth-order valence-corrected chi connectivity index (χ4v) is 8.09. The van der Waals surface area contributed by atoms with Gasteiger partial charge in [-0.3, -0.25) is 0 Å². The van der Waals surface area contributed by atoms with Crippen LogP contribution >= 0.6 is 0 Å². The topological polar surface area (TPSA) is 83.4 Å². The minimum atomic E-state index is -2.76. The third-order valence-electron chi connectivity index (χ3n) is 11.1. The number of benzene rings is 4. The Morgan fingerprint density at radius 2 is 0.629 bits per heavy atom. The van der Waals surface area contributed by atoms with Gasteiger partial charge in [0.15, 0.2) is 93.3 Å². The van der Waals surface area contributed by atoms with Gasteiger partial charge in [-0.1, -0.05) is 24.3 Å². The van der Waals surface area contributed by atoms with Gasteiger partial charge in [0, 0.05) is 0 Å². The SMILES string of the molecule is O[C@H]1c2nc3c(c4ccc([n-]4)c(-c4c(F)c(F)c(F)c(F)c4F)c4nc(c(-c5c(F)c(F)c(F)c(F)c5F)c5ccc([n-]5)c2-c2c(F)c(F)c(F)c(F)c2F)C=C4)-c2c(F)c(F)c(F)c(F)c2O[C@H]31.[Ni+2]. The molecule has 0 spiro atoms. The van der Waals surface area contributed by atoms with Crippen LogP contribution in [0.2, 0.25) is 0 Å². The normalized spacial score (nSPS) is 14.8. The van der Waals surface area contributed by atoms with Crippen LogP contribution in [0.25, 0.3) is 78.7 Å². The summed E-state index contributed by atoms with van der Waals surface area (Å²) >= 11 is 0. The molecular weight excluding hydrogens is 1040 g/mol. The van der Waals surface area contributed by atoms with Crippen molar-refractivity contribution in [3.8, 4) is 50.3 Å². The van der Waals surface area contributed by atoms with Crippen molar-refractivity contribution in [2.45, 2.75) is 12.2 Å². The minimum Gasteiger partial charge on any atom is -0.657 e. The first kappa shape index (κ1) is 47.7. The van der Waals surface area contributed by atoms with E-state index in [9.17, 15) is 40.2 Å². The van der Waals surface area contributed by atoms with Crippen molar-refractivity contribution < 1.29 is 110 Å². The van der Waals surface area contributed by atoms with Gasteiger partial charge in [-0.25, -0.2) is 89.0 Å². The summed E-state index contributed by atoms with van der Waals surface area (Å²) in [5.41, 5.74) is -21.4. The summed E-state index contributed by atoms with van der Waals surface area (Å²) in [4.78, 5) is 15.8. The summed E-state index contributed by atoms with van der Waals surface area (Å²) in [7, 11) is 0. The van der Waals surface area contributed by atoms with Crippen LogP contribution in [0, 0.1) is 111 Å². The Morgan fingerprint density at radius 1 is 0.343 bits per heavy atom. The van der Waals surface area contributed by atoms with Crippen molar-refractivity contribution >= 4 is 34.2 Å². The van der Waals surface area contributed by atoms with Gasteiger partial charge >= 0.3 is 16.5 Å². The molecule has 26 heteroatoms. The maximum Gasteiger partial charge on any atom is 2.00 e. The number of aliphatic hydroxyl groups is 1. The van der Waals surface area contributed by atoms with E-state index in [0.29, 0.717) is 36.4 Å². The Kier molecular flexibility index (Phi) is 11.2. The fourth-order valence-electron chi connectivity index (χ4n) is 8.09. The van der Waals surface area contributed by atoms with Crippen molar-refractivity contribution in [2.75, 3.05) is 0 Å². The molecule has 6 nitrogen and oxygen atoms in total. The second kappa shape index (κ2) is 16.4. The molecular formula is C44H9F19N4NiO2. The summed E-state index contributed by atoms with van der Waals surface area (Å²) in [5, 5.41) is 11.8. The van der Waals surface area contributed by atoms with E-state index in [-0.39, 0.29) is 16.5 Å². The Labute approximate surface area is 383 Å². The Bertz CT molecular complexity index is 3680. The van der Waals surface area contributed by atoms with E-state index in [2.05, 4.69) is 19.9 Å². The first-order chi connectivity index (χ1) is 32.6. The molecule has 3 aliphatic rings. The second-order valence-corrected chi connectivity index (χ2v) is 14.8. The molecule has 0 aliphatic carbocycles. The van der Waals surface area contributed by atoms with Gasteiger partial charge in [0.05, 0.1) is 45.0 Å². The van der Waals surface area contributed by atoms with Crippen molar-refractivity contribution in [1.29, 1.82) is 0 Å². The molecule has 3 aliphatic heterocycles. The van der Waals surface area contributed by atoms with Crippen molar-refractivity contribution in [3.63, 3.8) is 0 Å². The maximum absolute atomic E-state index is 16.0. The van der Waals surface area contributed by atoms with E-state index in [4.69, 9.17) is 4.74 Å². The van der Waals surface area contributed by atoms with Crippen molar-refractivity contribution in [2.24, 2.45) is 0 Å². The van der Waals surface area contributed by atoms with Crippen molar-refractivity contribution in [3.05, 3.63) is 158 Å². The Balaban J connectivity index is 0.00000608. The third-order valence-corrected chi connectivity index (χ3v) is 11.1. The number of rotatable bonds is 3. The number of halogens is 19. The summed E-state index contributed by atoms with van der Waals surface area (Å²) in [6.45, 7) is 0. The average Bonchev–Trinajstić information content (AvgIpc) is 4.18. The summed E-state index contributed by atoms with van der Waals surface area (Å²) < 4.78 is 295. The van der Waals surface area contributed by atoms with Crippen LogP contribution in [0.5, 0.6) is 5.75 Å². The average molecular weight is 1050 g/mol. The molecule has 3 aromatic heterocycles. The number of hydrogen-bond acceptors (Lipinski definition) is 4. The first-order valence-corrected chi connectivity index (χ1v) is 18.7. The van der Waals surface area contributed by atoms with Gasteiger partial charge in [0.2, 0.25) is 29.1 Å². The number of nitrogens with zero attached hydrogens (tertiary/aromatic N) is 4. The number of ether oxygens (including phenoxy) is 1. The van der Waals surface area contributed by atoms with Crippen LogP contribution < -0.4 is 14.7 Å². The van der Waals surface area contributed by atoms with Crippen LogP contribution in [0.15, 0.2) is 24.3 Å². The molecule has 0 radical (unpaired) electrons. The van der Waals surface area contributed by atoms with Crippen molar-refractivity contribution in [1.82, 2.24) is 19.9 Å². The fraction of sp³-hybridized carbons (Fsp3) is 0.0455. The predicted molar refractivity (Wildman–Crippen MR) is 197 cm³/mol. The van der Waals surface area contributed by atoms with Gasteiger partial charge in [0.25, 0.3) is 0 Å². The third kappa shape index (κ3) is 6.40. The smallest absolute Gasteiger partial charge is 0.657 e. The molecule has 7 aromatic rings. The summed E-state index contributed by atoms with van der Waals surface area (Å²) in [5.74, 6) is -51.4. The number of fused-ring (bicyclic) bond motifs is 10. The largest absolute Gasteiger partial charge is 2.00 e. The van der Waals surface area contributed by atoms with E-state index in [1.54, 1.807) is 0 Å². The van der Waals surface area contributed by atoms with Crippen LogP contribution in [0.4, 0.5) is 83.4 Å². The van der Waals surface area contributed by atoms with Crippen LogP contribution in [-0.2, 0) is 16.5 Å². The van der Waals surface area contributed by atoms with E-state index in [1.807, 2.05) is 0 Å². The zero-order chi connectivity index (χ0) is 49.7. The van der Waals surface area contributed by atoms with E-state index in [1.165, 1.54) is 0 Å². The zero-order valence-corrected chi connectivity index (χ0v) is 33.7. The van der Waals surface area contributed by atoms with Gasteiger partial charge < -0.3 is 19.8 Å². The Hall–Kier alpha value is -7.34. The van der Waals surface area contributed by atoms with Gasteiger partial charge in [-0.2, -0.15) is 4.39 Å². The zero-order valence-electron chi connectivity index (χ0n) is 32.8.